The van der Waals surface area contributed by atoms with Gasteiger partial charge in [0.2, 0.25) is 0 Å². The summed E-state index contributed by atoms with van der Waals surface area (Å²) >= 11 is 0. The Bertz CT molecular complexity index is 434. The number of aryl methyl sites for hydroxylation is 1. The SMILES string of the molecule is CCOP(=O)(CCCCCCc1ccc(OC)cc1)OCC. The van der Waals surface area contributed by atoms with Crippen LogP contribution in [0, 0.1) is 0 Å². The maximum atomic E-state index is 12.3. The quantitative estimate of drug-likeness (QED) is 0.397. The minimum absolute atomic E-state index is 0.439. The minimum atomic E-state index is -2.85. The van der Waals surface area contributed by atoms with Crippen molar-refractivity contribution in [3.63, 3.8) is 0 Å². The molecule has 0 fully saturated rings. The van der Waals surface area contributed by atoms with Crippen molar-refractivity contribution in [1.29, 1.82) is 0 Å². The molecule has 4 nitrogen and oxygen atoms in total. The molecule has 0 heterocycles. The molecule has 0 aliphatic heterocycles. The fourth-order valence-electron chi connectivity index (χ4n) is 2.34. The Labute approximate surface area is 134 Å². The molecule has 5 heteroatoms. The van der Waals surface area contributed by atoms with Crippen LogP contribution in [0.1, 0.15) is 45.1 Å². The largest absolute Gasteiger partial charge is 0.497 e. The smallest absolute Gasteiger partial charge is 0.330 e. The summed E-state index contributed by atoms with van der Waals surface area (Å²) in [5, 5.41) is 0. The molecule has 1 aromatic rings. The van der Waals surface area contributed by atoms with Crippen LogP contribution in [-0.4, -0.2) is 26.5 Å². The molecule has 0 N–H and O–H groups in total. The van der Waals surface area contributed by atoms with Crippen molar-refractivity contribution in [1.82, 2.24) is 0 Å². The van der Waals surface area contributed by atoms with Gasteiger partial charge in [0.15, 0.2) is 0 Å². The molecule has 0 aliphatic rings. The van der Waals surface area contributed by atoms with Gasteiger partial charge in [-0.25, -0.2) is 0 Å². The Kier molecular flexibility index (Phi) is 9.45. The van der Waals surface area contributed by atoms with E-state index in [2.05, 4.69) is 12.1 Å². The third-order valence-corrected chi connectivity index (χ3v) is 5.63. The molecule has 1 aromatic carbocycles. The molecule has 0 amide bonds. The van der Waals surface area contributed by atoms with E-state index in [1.165, 1.54) is 5.56 Å². The lowest BCUT2D eigenvalue weighted by Crippen LogP contribution is -2.00. The van der Waals surface area contributed by atoms with Crippen LogP contribution in [0.25, 0.3) is 0 Å². The zero-order valence-electron chi connectivity index (χ0n) is 14.0. The van der Waals surface area contributed by atoms with E-state index in [9.17, 15) is 4.57 Å². The molecule has 0 spiro atoms. The van der Waals surface area contributed by atoms with Crippen molar-refractivity contribution < 1.29 is 18.3 Å². The second-order valence-electron chi connectivity index (χ2n) is 5.18. The highest BCUT2D eigenvalue weighted by molar-refractivity contribution is 7.53. The van der Waals surface area contributed by atoms with Gasteiger partial charge in [0.1, 0.15) is 5.75 Å². The Morgan fingerprint density at radius 1 is 0.909 bits per heavy atom. The van der Waals surface area contributed by atoms with E-state index >= 15 is 0 Å². The van der Waals surface area contributed by atoms with E-state index in [0.29, 0.717) is 19.4 Å². The standard InChI is InChI=1S/C17H29O4P/c1-4-20-22(18,21-5-2)15-9-7-6-8-10-16-11-13-17(19-3)14-12-16/h11-14H,4-10,15H2,1-3H3. The number of ether oxygens (including phenoxy) is 1. The normalized spacial score (nSPS) is 11.6. The van der Waals surface area contributed by atoms with E-state index in [1.54, 1.807) is 7.11 Å². The van der Waals surface area contributed by atoms with Crippen molar-refractivity contribution in [2.45, 2.75) is 46.0 Å². The number of hydrogen-bond acceptors (Lipinski definition) is 4. The zero-order chi connectivity index (χ0) is 16.3. The summed E-state index contributed by atoms with van der Waals surface area (Å²) in [4.78, 5) is 0. The Morgan fingerprint density at radius 2 is 1.50 bits per heavy atom. The predicted octanol–water partition coefficient (Wildman–Crippen LogP) is 5.06. The molecular weight excluding hydrogens is 299 g/mol. The van der Waals surface area contributed by atoms with Gasteiger partial charge < -0.3 is 13.8 Å². The summed E-state index contributed by atoms with van der Waals surface area (Å²) in [6, 6.07) is 8.21. The van der Waals surface area contributed by atoms with Gasteiger partial charge in [-0.15, -0.1) is 0 Å². The summed E-state index contributed by atoms with van der Waals surface area (Å²) < 4.78 is 28.0. The first-order valence-corrected chi connectivity index (χ1v) is 9.87. The fourth-order valence-corrected chi connectivity index (χ4v) is 4.07. The van der Waals surface area contributed by atoms with Crippen LogP contribution in [0.4, 0.5) is 0 Å². The summed E-state index contributed by atoms with van der Waals surface area (Å²) in [6.45, 7) is 4.57. The van der Waals surface area contributed by atoms with Crippen LogP contribution in [0.15, 0.2) is 24.3 Å². The lowest BCUT2D eigenvalue weighted by molar-refractivity contribution is 0.219. The molecule has 126 valence electrons. The number of hydrogen-bond donors (Lipinski definition) is 0. The van der Waals surface area contributed by atoms with Crippen molar-refractivity contribution in [3.8, 4) is 5.75 Å². The predicted molar refractivity (Wildman–Crippen MR) is 90.9 cm³/mol. The Balaban J connectivity index is 2.17. The fraction of sp³-hybridized carbons (Fsp3) is 0.647. The first-order valence-electron chi connectivity index (χ1n) is 8.14. The molecule has 0 atom stereocenters. The number of methoxy groups -OCH3 is 1. The Morgan fingerprint density at radius 3 is 2.05 bits per heavy atom. The van der Waals surface area contributed by atoms with Crippen LogP contribution in [-0.2, 0) is 20.0 Å². The van der Waals surface area contributed by atoms with Crippen molar-refractivity contribution in [2.24, 2.45) is 0 Å². The highest BCUT2D eigenvalue weighted by Gasteiger charge is 2.22. The molecule has 0 aromatic heterocycles. The Hall–Kier alpha value is -0.830. The molecule has 0 saturated heterocycles. The van der Waals surface area contributed by atoms with Gasteiger partial charge in [0.25, 0.3) is 0 Å². The molecule has 0 aliphatic carbocycles. The van der Waals surface area contributed by atoms with Crippen LogP contribution in [0.2, 0.25) is 0 Å². The van der Waals surface area contributed by atoms with Crippen LogP contribution in [0.3, 0.4) is 0 Å². The maximum absolute atomic E-state index is 12.3. The summed E-state index contributed by atoms with van der Waals surface area (Å²) in [5.74, 6) is 0.895. The molecule has 22 heavy (non-hydrogen) atoms. The van der Waals surface area contributed by atoms with E-state index in [4.69, 9.17) is 13.8 Å². The third kappa shape index (κ3) is 7.44. The third-order valence-electron chi connectivity index (χ3n) is 3.46. The van der Waals surface area contributed by atoms with Crippen LogP contribution in [0.5, 0.6) is 5.75 Å². The highest BCUT2D eigenvalue weighted by atomic mass is 31.2. The van der Waals surface area contributed by atoms with Gasteiger partial charge >= 0.3 is 7.60 Å². The van der Waals surface area contributed by atoms with E-state index in [-0.39, 0.29) is 0 Å². The average Bonchev–Trinajstić information content (AvgIpc) is 2.52. The summed E-state index contributed by atoms with van der Waals surface area (Å²) in [6.07, 6.45) is 5.81. The lowest BCUT2D eigenvalue weighted by Gasteiger charge is -2.16. The molecule has 0 saturated carbocycles. The van der Waals surface area contributed by atoms with E-state index in [1.807, 2.05) is 26.0 Å². The first-order chi connectivity index (χ1) is 10.6. The number of rotatable bonds is 12. The van der Waals surface area contributed by atoms with Gasteiger partial charge in [-0.2, -0.15) is 0 Å². The van der Waals surface area contributed by atoms with Gasteiger partial charge in [-0.05, 0) is 50.8 Å². The molecule has 0 bridgehead atoms. The lowest BCUT2D eigenvalue weighted by atomic mass is 10.1. The monoisotopic (exact) mass is 328 g/mol. The highest BCUT2D eigenvalue weighted by Crippen LogP contribution is 2.48. The van der Waals surface area contributed by atoms with Gasteiger partial charge in [0, 0.05) is 0 Å². The number of benzene rings is 1. The van der Waals surface area contributed by atoms with E-state index in [0.717, 1.165) is 37.9 Å². The van der Waals surface area contributed by atoms with Crippen LogP contribution >= 0.6 is 7.60 Å². The second-order valence-corrected chi connectivity index (χ2v) is 7.37. The van der Waals surface area contributed by atoms with Crippen molar-refractivity contribution in [3.05, 3.63) is 29.8 Å². The maximum Gasteiger partial charge on any atom is 0.330 e. The van der Waals surface area contributed by atoms with Gasteiger partial charge in [0.05, 0.1) is 26.5 Å². The average molecular weight is 328 g/mol. The molecule has 0 radical (unpaired) electrons. The first kappa shape index (κ1) is 19.2. The van der Waals surface area contributed by atoms with Gasteiger partial charge in [-0.1, -0.05) is 25.0 Å². The molecule has 0 unspecified atom stereocenters. The summed E-state index contributed by atoms with van der Waals surface area (Å²) in [7, 11) is -1.17. The molecular formula is C17H29O4P. The second kappa shape index (κ2) is 10.8. The number of unbranched alkanes of at least 4 members (excludes halogenated alkanes) is 3. The van der Waals surface area contributed by atoms with E-state index < -0.39 is 7.60 Å². The van der Waals surface area contributed by atoms with Crippen molar-refractivity contribution >= 4 is 7.60 Å². The van der Waals surface area contributed by atoms with Crippen LogP contribution < -0.4 is 4.74 Å². The zero-order valence-corrected chi connectivity index (χ0v) is 14.9. The molecule has 1 rings (SSSR count). The van der Waals surface area contributed by atoms with Gasteiger partial charge in [-0.3, -0.25) is 4.57 Å². The minimum Gasteiger partial charge on any atom is -0.497 e. The van der Waals surface area contributed by atoms with Crippen molar-refractivity contribution in [2.75, 3.05) is 26.5 Å². The topological polar surface area (TPSA) is 44.8 Å². The summed E-state index contributed by atoms with van der Waals surface area (Å²) in [5.41, 5.74) is 1.33.